The maximum absolute atomic E-state index is 12.6. The molecule has 0 saturated carbocycles. The first kappa shape index (κ1) is 13.3. The van der Waals surface area contributed by atoms with Gasteiger partial charge in [0.1, 0.15) is 6.04 Å². The van der Waals surface area contributed by atoms with Crippen LogP contribution in [0.15, 0.2) is 0 Å². The molecule has 2 saturated heterocycles. The molecule has 2 aliphatic heterocycles. The summed E-state index contributed by atoms with van der Waals surface area (Å²) in [6.07, 6.45) is 0.839. The molecule has 18 heavy (non-hydrogen) atoms. The van der Waals surface area contributed by atoms with Crippen LogP contribution in [-0.4, -0.2) is 58.8 Å². The first-order valence-electron chi connectivity index (χ1n) is 6.43. The predicted molar refractivity (Wildman–Crippen MR) is 64.0 cm³/mol. The van der Waals surface area contributed by atoms with E-state index in [9.17, 15) is 14.7 Å². The quantitative estimate of drug-likeness (QED) is 0.629. The Labute approximate surface area is 106 Å². The predicted octanol–water partition coefficient (Wildman–Crippen LogP) is -0.577. The third-order valence-electron chi connectivity index (χ3n) is 4.20. The van der Waals surface area contributed by atoms with Crippen molar-refractivity contribution in [2.75, 3.05) is 19.6 Å². The van der Waals surface area contributed by atoms with E-state index in [0.29, 0.717) is 13.0 Å². The van der Waals surface area contributed by atoms with Gasteiger partial charge in [-0.05, 0) is 19.4 Å². The zero-order valence-corrected chi connectivity index (χ0v) is 10.6. The molecule has 2 aliphatic rings. The van der Waals surface area contributed by atoms with Crippen molar-refractivity contribution in [2.24, 2.45) is 5.41 Å². The minimum atomic E-state index is -1.03. The molecule has 2 heterocycles. The number of hydrogen-bond donors (Lipinski definition) is 3. The van der Waals surface area contributed by atoms with Gasteiger partial charge >= 0.3 is 5.97 Å². The number of carboxylic acids is 1. The molecule has 3 N–H and O–H groups in total. The second-order valence-electron chi connectivity index (χ2n) is 5.26. The molecule has 6 nitrogen and oxygen atoms in total. The highest BCUT2D eigenvalue weighted by atomic mass is 16.4. The summed E-state index contributed by atoms with van der Waals surface area (Å²) in [5, 5.41) is 21.9. The van der Waals surface area contributed by atoms with Crippen molar-refractivity contribution < 1.29 is 19.8 Å². The van der Waals surface area contributed by atoms with Crippen LogP contribution in [0.25, 0.3) is 0 Å². The molecule has 102 valence electrons. The van der Waals surface area contributed by atoms with E-state index in [2.05, 4.69) is 5.32 Å². The number of nitrogens with zero attached hydrogens (tertiary/aromatic N) is 1. The van der Waals surface area contributed by atoms with E-state index in [-0.39, 0.29) is 18.9 Å². The lowest BCUT2D eigenvalue weighted by Crippen LogP contribution is -2.49. The second-order valence-corrected chi connectivity index (χ2v) is 5.26. The van der Waals surface area contributed by atoms with Crippen LogP contribution in [0, 0.1) is 5.41 Å². The summed E-state index contributed by atoms with van der Waals surface area (Å²) in [6, 6.07) is -0.878. The molecule has 0 aromatic heterocycles. The third-order valence-corrected chi connectivity index (χ3v) is 4.20. The van der Waals surface area contributed by atoms with E-state index >= 15 is 0 Å². The number of aliphatic hydroxyl groups excluding tert-OH is 1. The molecule has 0 radical (unpaired) electrons. The minimum Gasteiger partial charge on any atom is -0.480 e. The number of aliphatic hydroxyl groups is 1. The van der Waals surface area contributed by atoms with Crippen molar-refractivity contribution in [3.63, 3.8) is 0 Å². The minimum absolute atomic E-state index is 0.126. The van der Waals surface area contributed by atoms with Gasteiger partial charge in [0, 0.05) is 19.5 Å². The van der Waals surface area contributed by atoms with E-state index in [1.54, 1.807) is 0 Å². The maximum atomic E-state index is 12.6. The summed E-state index contributed by atoms with van der Waals surface area (Å²) in [5.74, 6) is -1.16. The highest BCUT2D eigenvalue weighted by Crippen LogP contribution is 2.34. The molecule has 0 aromatic rings. The van der Waals surface area contributed by atoms with Crippen molar-refractivity contribution >= 4 is 11.9 Å². The molecule has 0 spiro atoms. The van der Waals surface area contributed by atoms with Crippen molar-refractivity contribution in [3.8, 4) is 0 Å². The summed E-state index contributed by atoms with van der Waals surface area (Å²) in [5.41, 5.74) is -0.488. The van der Waals surface area contributed by atoms with Crippen molar-refractivity contribution in [1.29, 1.82) is 0 Å². The molecule has 0 bridgehead atoms. The lowest BCUT2D eigenvalue weighted by Gasteiger charge is -2.32. The van der Waals surface area contributed by atoms with Crippen LogP contribution in [0.2, 0.25) is 0 Å². The number of hydrogen-bond acceptors (Lipinski definition) is 4. The monoisotopic (exact) mass is 256 g/mol. The van der Waals surface area contributed by atoms with Crippen LogP contribution >= 0.6 is 0 Å². The number of aliphatic carboxylic acids is 1. The van der Waals surface area contributed by atoms with Gasteiger partial charge in [-0.3, -0.25) is 4.79 Å². The lowest BCUT2D eigenvalue weighted by molar-refractivity contribution is -0.152. The summed E-state index contributed by atoms with van der Waals surface area (Å²) < 4.78 is 0. The number of β-amino-alcohol motifs (C(OH)–C–C–N with tert-alkyl or cyclic N) is 1. The Morgan fingerprint density at radius 3 is 2.72 bits per heavy atom. The number of likely N-dealkylation sites (tertiary alicyclic amines) is 1. The van der Waals surface area contributed by atoms with Gasteiger partial charge in [-0.2, -0.15) is 0 Å². The maximum Gasteiger partial charge on any atom is 0.326 e. The van der Waals surface area contributed by atoms with Gasteiger partial charge in [0.15, 0.2) is 0 Å². The van der Waals surface area contributed by atoms with Gasteiger partial charge in [0.2, 0.25) is 5.91 Å². The average Bonchev–Trinajstić information content (AvgIpc) is 2.95. The van der Waals surface area contributed by atoms with Crippen LogP contribution in [0.3, 0.4) is 0 Å². The fourth-order valence-corrected chi connectivity index (χ4v) is 2.96. The standard InChI is InChI=1S/C12H20N2O4/c1-2-12(3-4-13-7-12)11(18)14-6-8(15)5-9(14)10(16)17/h8-9,13,15H,2-7H2,1H3,(H,16,17)/t8-,9-,12?/m0/s1. The molecule has 0 aliphatic carbocycles. The fourth-order valence-electron chi connectivity index (χ4n) is 2.96. The summed E-state index contributed by atoms with van der Waals surface area (Å²) >= 11 is 0. The van der Waals surface area contributed by atoms with Crippen LogP contribution < -0.4 is 5.32 Å². The molecule has 2 fully saturated rings. The highest BCUT2D eigenvalue weighted by Gasteiger charge is 2.48. The Hall–Kier alpha value is -1.14. The summed E-state index contributed by atoms with van der Waals surface area (Å²) in [7, 11) is 0. The van der Waals surface area contributed by atoms with Crippen molar-refractivity contribution in [1.82, 2.24) is 10.2 Å². The van der Waals surface area contributed by atoms with E-state index in [0.717, 1.165) is 13.0 Å². The Morgan fingerprint density at radius 2 is 2.22 bits per heavy atom. The molecular weight excluding hydrogens is 236 g/mol. The van der Waals surface area contributed by atoms with Crippen molar-refractivity contribution in [2.45, 2.75) is 38.3 Å². The Bertz CT molecular complexity index is 352. The fraction of sp³-hybridized carbons (Fsp3) is 0.833. The van der Waals surface area contributed by atoms with E-state index in [1.165, 1.54) is 4.90 Å². The number of nitrogens with one attached hydrogen (secondary N) is 1. The van der Waals surface area contributed by atoms with E-state index in [4.69, 9.17) is 5.11 Å². The van der Waals surface area contributed by atoms with Gasteiger partial charge < -0.3 is 20.4 Å². The van der Waals surface area contributed by atoms with E-state index in [1.807, 2.05) is 6.92 Å². The molecule has 1 amide bonds. The summed E-state index contributed by atoms with van der Waals surface area (Å²) in [4.78, 5) is 25.1. The van der Waals surface area contributed by atoms with Crippen LogP contribution in [0.5, 0.6) is 0 Å². The van der Waals surface area contributed by atoms with Crippen LogP contribution in [-0.2, 0) is 9.59 Å². The number of carboxylic acid groups (broad SMARTS) is 1. The number of carbonyl (C=O) groups is 2. The zero-order valence-electron chi connectivity index (χ0n) is 10.6. The van der Waals surface area contributed by atoms with Crippen LogP contribution in [0.4, 0.5) is 0 Å². The highest BCUT2D eigenvalue weighted by molar-refractivity contribution is 5.88. The van der Waals surface area contributed by atoms with Gasteiger partial charge in [-0.25, -0.2) is 4.79 Å². The van der Waals surface area contributed by atoms with Gasteiger partial charge in [-0.15, -0.1) is 0 Å². The Balaban J connectivity index is 2.19. The second kappa shape index (κ2) is 4.85. The average molecular weight is 256 g/mol. The molecule has 2 rings (SSSR count). The summed E-state index contributed by atoms with van der Waals surface area (Å²) in [6.45, 7) is 3.47. The van der Waals surface area contributed by atoms with E-state index < -0.39 is 23.5 Å². The largest absolute Gasteiger partial charge is 0.480 e. The lowest BCUT2D eigenvalue weighted by atomic mass is 9.82. The van der Waals surface area contributed by atoms with Crippen LogP contribution in [0.1, 0.15) is 26.2 Å². The smallest absolute Gasteiger partial charge is 0.326 e. The first-order chi connectivity index (χ1) is 8.50. The third kappa shape index (κ3) is 2.10. The molecule has 0 aromatic carbocycles. The zero-order chi connectivity index (χ0) is 13.3. The SMILES string of the molecule is CCC1(C(=O)N2C[C@@H](O)C[C@H]2C(=O)O)CCNC1. The van der Waals surface area contributed by atoms with Gasteiger partial charge in [0.25, 0.3) is 0 Å². The number of amides is 1. The van der Waals surface area contributed by atoms with Gasteiger partial charge in [-0.1, -0.05) is 6.92 Å². The molecule has 1 unspecified atom stereocenters. The Morgan fingerprint density at radius 1 is 1.50 bits per heavy atom. The topological polar surface area (TPSA) is 89.9 Å². The number of rotatable bonds is 3. The first-order valence-corrected chi connectivity index (χ1v) is 6.43. The van der Waals surface area contributed by atoms with Crippen molar-refractivity contribution in [3.05, 3.63) is 0 Å². The normalized spacial score (nSPS) is 36.0. The molecule has 6 heteroatoms. The molecule has 3 atom stereocenters. The Kier molecular flexibility index (Phi) is 3.59. The van der Waals surface area contributed by atoms with Gasteiger partial charge in [0.05, 0.1) is 11.5 Å². The number of carbonyl (C=O) groups excluding carboxylic acids is 1. The molecular formula is C12H20N2O4.